The quantitative estimate of drug-likeness (QED) is 0.0185. The lowest BCUT2D eigenvalue weighted by Gasteiger charge is -2.21. The fourth-order valence-corrected chi connectivity index (χ4v) is 7.50. The summed E-state index contributed by atoms with van der Waals surface area (Å²) in [7, 11) is 0. The standard InChI is InChI=1S/C54H64O14/c1-39(37-50(56)66-45-15-7-5-8-16-45)52(58)62-34-12-4-3-11-33-61-44-26-19-41(20-27-44)21-32-49(55)65-47-28-22-42(23-29-47)43-24-30-48(31-25-43)68-54(60)64-36-14-13-35-63-53(59)40(2)38-51(57)67-46-17-9-6-10-18-46/h19-32,45-46H,1-18,33-38H2/b32-21+. The van der Waals surface area contributed by atoms with Crippen LogP contribution in [0.15, 0.2) is 103 Å². The lowest BCUT2D eigenvalue weighted by Crippen LogP contribution is -2.22. The second-order valence-electron chi connectivity index (χ2n) is 16.9. The van der Waals surface area contributed by atoms with Crippen LogP contribution in [-0.2, 0) is 47.7 Å². The number of esters is 5. The van der Waals surface area contributed by atoms with Crippen LogP contribution >= 0.6 is 0 Å². The van der Waals surface area contributed by atoms with E-state index in [1.807, 2.05) is 36.4 Å². The molecule has 0 radical (unpaired) electrons. The number of unbranched alkanes of at least 4 members (excludes halogenated alkanes) is 4. The van der Waals surface area contributed by atoms with E-state index in [1.54, 1.807) is 42.5 Å². The molecule has 2 saturated carbocycles. The molecular formula is C54H64O14. The molecule has 0 amide bonds. The molecule has 2 aliphatic carbocycles. The van der Waals surface area contributed by atoms with Gasteiger partial charge < -0.3 is 37.9 Å². The molecule has 2 aliphatic rings. The normalized spacial score (nSPS) is 14.0. The van der Waals surface area contributed by atoms with Crippen LogP contribution in [0.3, 0.4) is 0 Å². The van der Waals surface area contributed by atoms with Crippen molar-refractivity contribution in [2.45, 2.75) is 128 Å². The number of rotatable bonds is 26. The predicted octanol–water partition coefficient (Wildman–Crippen LogP) is 10.9. The Balaban J connectivity index is 0.877. The summed E-state index contributed by atoms with van der Waals surface area (Å²) in [5, 5.41) is 0. The fraction of sp³-hybridized carbons (Fsp3) is 0.444. The monoisotopic (exact) mass is 936 g/mol. The highest BCUT2D eigenvalue weighted by Gasteiger charge is 2.22. The topological polar surface area (TPSA) is 176 Å². The molecule has 0 N–H and O–H groups in total. The van der Waals surface area contributed by atoms with E-state index in [0.717, 1.165) is 93.7 Å². The number of hydrogen-bond donors (Lipinski definition) is 0. The van der Waals surface area contributed by atoms with Crippen LogP contribution in [0.1, 0.15) is 121 Å². The molecule has 14 heteroatoms. The Labute approximate surface area is 398 Å². The zero-order valence-electron chi connectivity index (χ0n) is 38.9. The minimum absolute atomic E-state index is 0.0413. The van der Waals surface area contributed by atoms with Gasteiger partial charge in [0.25, 0.3) is 0 Å². The van der Waals surface area contributed by atoms with E-state index in [0.29, 0.717) is 43.1 Å². The number of carbonyl (C=O) groups excluding carboxylic acids is 6. The SMILES string of the molecule is C=C(CC(=O)OC1CCCCC1)C(=O)OCCCCCCOc1ccc(/C=C/C(=O)Oc2ccc(-c3ccc(OC(=O)OCCCCOC(=O)C(=C)CC(=O)OC4CCCCC4)cc3)cc2)cc1. The van der Waals surface area contributed by atoms with Crippen LogP contribution in [0.4, 0.5) is 4.79 Å². The molecule has 0 aromatic heterocycles. The van der Waals surface area contributed by atoms with Crippen LogP contribution in [0, 0.1) is 0 Å². The molecule has 0 bridgehead atoms. The molecule has 0 saturated heterocycles. The first kappa shape index (κ1) is 52.3. The van der Waals surface area contributed by atoms with Crippen LogP contribution in [0.5, 0.6) is 17.2 Å². The van der Waals surface area contributed by atoms with Crippen LogP contribution in [0.2, 0.25) is 0 Å². The van der Waals surface area contributed by atoms with Crippen LogP contribution in [0.25, 0.3) is 17.2 Å². The lowest BCUT2D eigenvalue weighted by atomic mass is 9.98. The van der Waals surface area contributed by atoms with Crippen LogP contribution < -0.4 is 14.2 Å². The van der Waals surface area contributed by atoms with Crippen molar-refractivity contribution in [1.29, 1.82) is 0 Å². The zero-order chi connectivity index (χ0) is 48.4. The Kier molecular flexibility index (Phi) is 22.4. The molecule has 0 atom stereocenters. The van der Waals surface area contributed by atoms with Crippen molar-refractivity contribution in [2.75, 3.05) is 26.4 Å². The second kappa shape index (κ2) is 29.1. The summed E-state index contributed by atoms with van der Waals surface area (Å²) in [5.41, 5.74) is 2.66. The Bertz CT molecular complexity index is 2140. The van der Waals surface area contributed by atoms with Crippen molar-refractivity contribution in [1.82, 2.24) is 0 Å². The first-order valence-corrected chi connectivity index (χ1v) is 23.8. The second-order valence-corrected chi connectivity index (χ2v) is 16.9. The first-order chi connectivity index (χ1) is 33.0. The number of ether oxygens (including phenoxy) is 8. The lowest BCUT2D eigenvalue weighted by molar-refractivity contribution is -0.152. The van der Waals surface area contributed by atoms with Crippen molar-refractivity contribution >= 4 is 42.1 Å². The predicted molar refractivity (Wildman–Crippen MR) is 254 cm³/mol. The molecule has 5 rings (SSSR count). The maximum absolute atomic E-state index is 12.5. The summed E-state index contributed by atoms with van der Waals surface area (Å²) in [6.07, 6.45) is 15.7. The molecule has 2 fully saturated rings. The zero-order valence-corrected chi connectivity index (χ0v) is 38.9. The van der Waals surface area contributed by atoms with Gasteiger partial charge in [-0.15, -0.1) is 0 Å². The van der Waals surface area contributed by atoms with E-state index in [4.69, 9.17) is 37.9 Å². The van der Waals surface area contributed by atoms with E-state index in [2.05, 4.69) is 13.2 Å². The van der Waals surface area contributed by atoms with Crippen molar-refractivity contribution < 1.29 is 66.7 Å². The van der Waals surface area contributed by atoms with Gasteiger partial charge in [-0.1, -0.05) is 62.4 Å². The van der Waals surface area contributed by atoms with Crippen molar-refractivity contribution in [3.8, 4) is 28.4 Å². The van der Waals surface area contributed by atoms with Gasteiger partial charge in [-0.05, 0) is 149 Å². The summed E-state index contributed by atoms with van der Waals surface area (Å²) in [6, 6.07) is 21.2. The van der Waals surface area contributed by atoms with E-state index in [9.17, 15) is 28.8 Å². The minimum Gasteiger partial charge on any atom is -0.494 e. The molecule has 0 unspecified atom stereocenters. The van der Waals surface area contributed by atoms with Gasteiger partial charge in [0.2, 0.25) is 0 Å². The third kappa shape index (κ3) is 20.0. The average Bonchev–Trinajstić information content (AvgIpc) is 3.34. The first-order valence-electron chi connectivity index (χ1n) is 23.8. The highest BCUT2D eigenvalue weighted by atomic mass is 16.7. The van der Waals surface area contributed by atoms with Gasteiger partial charge in [0, 0.05) is 17.2 Å². The van der Waals surface area contributed by atoms with Crippen LogP contribution in [-0.4, -0.2) is 74.6 Å². The van der Waals surface area contributed by atoms with Gasteiger partial charge in [0.05, 0.1) is 39.3 Å². The molecule has 364 valence electrons. The van der Waals surface area contributed by atoms with E-state index in [1.165, 1.54) is 12.5 Å². The minimum atomic E-state index is -0.865. The van der Waals surface area contributed by atoms with Gasteiger partial charge in [-0.25, -0.2) is 19.2 Å². The Morgan fingerprint density at radius 2 is 0.912 bits per heavy atom. The largest absolute Gasteiger partial charge is 0.513 e. The highest BCUT2D eigenvalue weighted by molar-refractivity contribution is 5.94. The molecule has 0 spiro atoms. The third-order valence-electron chi connectivity index (χ3n) is 11.3. The molecule has 3 aromatic rings. The van der Waals surface area contributed by atoms with Gasteiger partial charge in [0.15, 0.2) is 0 Å². The number of hydrogen-bond acceptors (Lipinski definition) is 14. The van der Waals surface area contributed by atoms with E-state index >= 15 is 0 Å². The van der Waals surface area contributed by atoms with Crippen molar-refractivity contribution in [3.63, 3.8) is 0 Å². The molecule has 68 heavy (non-hydrogen) atoms. The molecule has 3 aromatic carbocycles. The van der Waals surface area contributed by atoms with Gasteiger partial charge >= 0.3 is 36.0 Å². The van der Waals surface area contributed by atoms with Gasteiger partial charge in [0.1, 0.15) is 29.5 Å². The molecule has 0 aliphatic heterocycles. The molecule has 0 heterocycles. The third-order valence-corrected chi connectivity index (χ3v) is 11.3. The highest BCUT2D eigenvalue weighted by Crippen LogP contribution is 2.26. The summed E-state index contributed by atoms with van der Waals surface area (Å²) >= 11 is 0. The fourth-order valence-electron chi connectivity index (χ4n) is 7.50. The maximum atomic E-state index is 12.5. The Hall–Kier alpha value is -6.70. The van der Waals surface area contributed by atoms with Gasteiger partial charge in [-0.2, -0.15) is 0 Å². The van der Waals surface area contributed by atoms with E-state index in [-0.39, 0.29) is 56.0 Å². The van der Waals surface area contributed by atoms with Crippen molar-refractivity contribution in [2.24, 2.45) is 0 Å². The van der Waals surface area contributed by atoms with E-state index < -0.39 is 36.0 Å². The summed E-state index contributed by atoms with van der Waals surface area (Å²) in [4.78, 5) is 73.3. The molecular weight excluding hydrogens is 873 g/mol. The molecule has 14 nitrogen and oxygen atoms in total. The summed E-state index contributed by atoms with van der Waals surface area (Å²) in [5.74, 6) is -1.26. The summed E-state index contributed by atoms with van der Waals surface area (Å²) in [6.45, 7) is 8.28. The summed E-state index contributed by atoms with van der Waals surface area (Å²) < 4.78 is 43.0. The average molecular weight is 937 g/mol. The van der Waals surface area contributed by atoms with Crippen molar-refractivity contribution in [3.05, 3.63) is 109 Å². The Morgan fingerprint density at radius 1 is 0.485 bits per heavy atom. The Morgan fingerprint density at radius 3 is 1.41 bits per heavy atom. The smallest absolute Gasteiger partial charge is 0.494 e. The number of carbonyl (C=O) groups is 6. The van der Waals surface area contributed by atoms with Gasteiger partial charge in [-0.3, -0.25) is 9.59 Å². The maximum Gasteiger partial charge on any atom is 0.513 e. The number of benzene rings is 3.